The summed E-state index contributed by atoms with van der Waals surface area (Å²) >= 11 is 2.18. The van der Waals surface area contributed by atoms with E-state index in [1.165, 1.54) is 0 Å². The molecule has 110 valence electrons. The number of ketones is 1. The Morgan fingerprint density at radius 1 is 1.19 bits per heavy atom. The fraction of sp³-hybridized carbons (Fsp3) is 0.235. The lowest BCUT2D eigenvalue weighted by molar-refractivity contribution is 0.103. The van der Waals surface area contributed by atoms with E-state index in [4.69, 9.17) is 9.47 Å². The molecule has 0 heterocycles. The maximum Gasteiger partial charge on any atom is 0.196 e. The van der Waals surface area contributed by atoms with Gasteiger partial charge in [-0.1, -0.05) is 19.1 Å². The fourth-order valence-electron chi connectivity index (χ4n) is 1.96. The number of carbonyl (C=O) groups excluding carboxylic acids is 1. The van der Waals surface area contributed by atoms with Crippen LogP contribution < -0.4 is 9.47 Å². The lowest BCUT2D eigenvalue weighted by Gasteiger charge is -2.10. The highest BCUT2D eigenvalue weighted by atomic mass is 127. The minimum absolute atomic E-state index is 0.0627. The van der Waals surface area contributed by atoms with Crippen LogP contribution in [-0.2, 0) is 0 Å². The minimum Gasteiger partial charge on any atom is -0.496 e. The average Bonchev–Trinajstić information content (AvgIpc) is 2.52. The van der Waals surface area contributed by atoms with E-state index in [2.05, 4.69) is 22.6 Å². The normalized spacial score (nSPS) is 10.2. The van der Waals surface area contributed by atoms with Crippen LogP contribution in [0.2, 0.25) is 0 Å². The Morgan fingerprint density at radius 3 is 2.71 bits per heavy atom. The van der Waals surface area contributed by atoms with Gasteiger partial charge < -0.3 is 9.47 Å². The quantitative estimate of drug-likeness (QED) is 0.539. The van der Waals surface area contributed by atoms with E-state index in [-0.39, 0.29) is 5.78 Å². The van der Waals surface area contributed by atoms with Crippen molar-refractivity contribution < 1.29 is 14.3 Å². The second-order valence-corrected chi connectivity index (χ2v) is 5.80. The van der Waals surface area contributed by atoms with E-state index in [0.717, 1.165) is 9.99 Å². The van der Waals surface area contributed by atoms with Gasteiger partial charge >= 0.3 is 0 Å². The van der Waals surface area contributed by atoms with E-state index in [1.807, 2.05) is 37.3 Å². The maximum absolute atomic E-state index is 12.7. The van der Waals surface area contributed by atoms with Crippen LogP contribution in [0.1, 0.15) is 29.3 Å². The van der Waals surface area contributed by atoms with Gasteiger partial charge in [0.2, 0.25) is 0 Å². The summed E-state index contributed by atoms with van der Waals surface area (Å²) < 4.78 is 11.9. The Bertz CT molecular complexity index is 638. The summed E-state index contributed by atoms with van der Waals surface area (Å²) in [4.78, 5) is 12.7. The Hall–Kier alpha value is -1.56. The predicted molar refractivity (Wildman–Crippen MR) is 91.4 cm³/mol. The Kier molecular flexibility index (Phi) is 5.61. The molecule has 2 aromatic carbocycles. The van der Waals surface area contributed by atoms with Crippen molar-refractivity contribution in [3.8, 4) is 11.5 Å². The standard InChI is InChI=1S/C17H17IO3/c1-3-9-21-14-6-4-5-12(10-14)17(19)15-11-13(18)7-8-16(15)20-2/h4-8,10-11H,3,9H2,1-2H3. The van der Waals surface area contributed by atoms with Gasteiger partial charge in [-0.3, -0.25) is 4.79 Å². The molecule has 0 atom stereocenters. The molecule has 21 heavy (non-hydrogen) atoms. The lowest BCUT2D eigenvalue weighted by Crippen LogP contribution is -2.05. The molecule has 2 aromatic rings. The fourth-order valence-corrected chi connectivity index (χ4v) is 2.45. The average molecular weight is 396 g/mol. The monoisotopic (exact) mass is 396 g/mol. The van der Waals surface area contributed by atoms with Crippen molar-refractivity contribution in [1.29, 1.82) is 0 Å². The first-order chi connectivity index (χ1) is 10.2. The number of carbonyl (C=O) groups is 1. The molecule has 0 amide bonds. The molecule has 3 nitrogen and oxygen atoms in total. The summed E-state index contributed by atoms with van der Waals surface area (Å²) in [5.74, 6) is 1.24. The van der Waals surface area contributed by atoms with Crippen LogP contribution >= 0.6 is 22.6 Å². The minimum atomic E-state index is -0.0627. The van der Waals surface area contributed by atoms with Gasteiger partial charge in [0.15, 0.2) is 5.78 Å². The molecule has 2 rings (SSSR count). The lowest BCUT2D eigenvalue weighted by atomic mass is 10.0. The van der Waals surface area contributed by atoms with Crippen molar-refractivity contribution >= 4 is 28.4 Å². The zero-order valence-electron chi connectivity index (χ0n) is 12.1. The molecule has 0 aliphatic carbocycles. The van der Waals surface area contributed by atoms with Crippen LogP contribution in [0.5, 0.6) is 11.5 Å². The molecule has 0 unspecified atom stereocenters. The first kappa shape index (κ1) is 15.8. The molecular weight excluding hydrogens is 379 g/mol. The van der Waals surface area contributed by atoms with E-state index in [0.29, 0.717) is 29.2 Å². The number of ether oxygens (including phenoxy) is 2. The summed E-state index contributed by atoms with van der Waals surface area (Å²) in [5, 5.41) is 0. The number of hydrogen-bond donors (Lipinski definition) is 0. The number of rotatable bonds is 6. The molecule has 0 radical (unpaired) electrons. The molecule has 0 fully saturated rings. The summed E-state index contributed by atoms with van der Waals surface area (Å²) in [5.41, 5.74) is 1.17. The molecule has 0 N–H and O–H groups in total. The third-order valence-electron chi connectivity index (χ3n) is 2.98. The zero-order chi connectivity index (χ0) is 15.2. The number of halogens is 1. The van der Waals surface area contributed by atoms with Gasteiger partial charge in [0, 0.05) is 9.13 Å². The second kappa shape index (κ2) is 7.45. The first-order valence-corrected chi connectivity index (χ1v) is 7.84. The molecule has 0 aliphatic rings. The number of benzene rings is 2. The third-order valence-corrected chi connectivity index (χ3v) is 3.65. The van der Waals surface area contributed by atoms with E-state index in [9.17, 15) is 4.79 Å². The summed E-state index contributed by atoms with van der Waals surface area (Å²) in [6, 6.07) is 12.8. The van der Waals surface area contributed by atoms with Crippen LogP contribution in [-0.4, -0.2) is 19.5 Å². The van der Waals surface area contributed by atoms with Gasteiger partial charge in [-0.15, -0.1) is 0 Å². The Balaban J connectivity index is 2.33. The number of hydrogen-bond acceptors (Lipinski definition) is 3. The second-order valence-electron chi connectivity index (χ2n) is 4.55. The SMILES string of the molecule is CCCOc1cccc(C(=O)c2cc(I)ccc2OC)c1. The van der Waals surface area contributed by atoms with Crippen molar-refractivity contribution in [3.63, 3.8) is 0 Å². The molecule has 0 saturated heterocycles. The van der Waals surface area contributed by atoms with E-state index < -0.39 is 0 Å². The highest BCUT2D eigenvalue weighted by Crippen LogP contribution is 2.25. The predicted octanol–water partition coefficient (Wildman–Crippen LogP) is 4.32. The molecule has 0 saturated carbocycles. The molecule has 0 aromatic heterocycles. The highest BCUT2D eigenvalue weighted by molar-refractivity contribution is 14.1. The molecule has 0 bridgehead atoms. The van der Waals surface area contributed by atoms with Gasteiger partial charge in [-0.05, 0) is 59.3 Å². The van der Waals surface area contributed by atoms with Gasteiger partial charge in [0.1, 0.15) is 11.5 Å². The van der Waals surface area contributed by atoms with Gasteiger partial charge in [-0.25, -0.2) is 0 Å². The van der Waals surface area contributed by atoms with Crippen molar-refractivity contribution in [3.05, 3.63) is 57.2 Å². The zero-order valence-corrected chi connectivity index (χ0v) is 14.2. The van der Waals surface area contributed by atoms with Gasteiger partial charge in [-0.2, -0.15) is 0 Å². The molecule has 0 aliphatic heterocycles. The van der Waals surface area contributed by atoms with Crippen molar-refractivity contribution in [2.24, 2.45) is 0 Å². The smallest absolute Gasteiger partial charge is 0.196 e. The van der Waals surface area contributed by atoms with Crippen LogP contribution in [0.3, 0.4) is 0 Å². The van der Waals surface area contributed by atoms with Crippen LogP contribution in [0, 0.1) is 3.57 Å². The Labute approximate surface area is 138 Å². The third kappa shape index (κ3) is 3.97. The topological polar surface area (TPSA) is 35.5 Å². The van der Waals surface area contributed by atoms with Crippen LogP contribution in [0.4, 0.5) is 0 Å². The molecular formula is C17H17IO3. The van der Waals surface area contributed by atoms with Crippen molar-refractivity contribution in [2.45, 2.75) is 13.3 Å². The highest BCUT2D eigenvalue weighted by Gasteiger charge is 2.15. The largest absolute Gasteiger partial charge is 0.496 e. The van der Waals surface area contributed by atoms with E-state index in [1.54, 1.807) is 19.2 Å². The summed E-state index contributed by atoms with van der Waals surface area (Å²) in [7, 11) is 1.57. The maximum atomic E-state index is 12.7. The Morgan fingerprint density at radius 2 is 2.00 bits per heavy atom. The van der Waals surface area contributed by atoms with Crippen molar-refractivity contribution in [1.82, 2.24) is 0 Å². The van der Waals surface area contributed by atoms with Crippen molar-refractivity contribution in [2.75, 3.05) is 13.7 Å². The van der Waals surface area contributed by atoms with E-state index >= 15 is 0 Å². The van der Waals surface area contributed by atoms with Crippen LogP contribution in [0.25, 0.3) is 0 Å². The van der Waals surface area contributed by atoms with Gasteiger partial charge in [0.05, 0.1) is 19.3 Å². The van der Waals surface area contributed by atoms with Gasteiger partial charge in [0.25, 0.3) is 0 Å². The molecule has 0 spiro atoms. The number of methoxy groups -OCH3 is 1. The summed E-state index contributed by atoms with van der Waals surface area (Å²) in [6.07, 6.45) is 0.933. The van der Waals surface area contributed by atoms with Crippen LogP contribution in [0.15, 0.2) is 42.5 Å². The summed E-state index contributed by atoms with van der Waals surface area (Å²) in [6.45, 7) is 2.69. The first-order valence-electron chi connectivity index (χ1n) is 6.76. The molecule has 4 heteroatoms.